The fourth-order valence-corrected chi connectivity index (χ4v) is 1.50. The molecule has 0 bridgehead atoms. The minimum Gasteiger partial charge on any atom is -0.467 e. The predicted octanol–water partition coefficient (Wildman–Crippen LogP) is 2.06. The van der Waals surface area contributed by atoms with Gasteiger partial charge in [-0.05, 0) is 18.4 Å². The molecule has 3 nitrogen and oxygen atoms in total. The van der Waals surface area contributed by atoms with Gasteiger partial charge in [-0.25, -0.2) is 0 Å². The largest absolute Gasteiger partial charge is 0.467 e. The molecule has 3 heteroatoms. The summed E-state index contributed by atoms with van der Waals surface area (Å²) < 4.78 is 10.8. The van der Waals surface area contributed by atoms with Gasteiger partial charge in [0, 0.05) is 18.7 Å². The van der Waals surface area contributed by atoms with Crippen LogP contribution in [0.4, 0.5) is 0 Å². The van der Waals surface area contributed by atoms with Crippen molar-refractivity contribution in [1.29, 1.82) is 0 Å². The standard InChI is InChI=1S/C11H17NO2/c12-7-10-4-6-14-11(10)8-13-5-3-9-1-2-9/h4,6,9H,1-3,5,7-8,12H2. The Bertz CT molecular complexity index is 279. The third kappa shape index (κ3) is 2.59. The zero-order valence-corrected chi connectivity index (χ0v) is 8.37. The number of hydrogen-bond donors (Lipinski definition) is 1. The van der Waals surface area contributed by atoms with Crippen molar-refractivity contribution < 1.29 is 9.15 Å². The SMILES string of the molecule is NCc1ccoc1COCCC1CC1. The Kier molecular flexibility index (Phi) is 3.22. The molecule has 1 aliphatic carbocycles. The van der Waals surface area contributed by atoms with E-state index in [0.29, 0.717) is 13.2 Å². The van der Waals surface area contributed by atoms with Gasteiger partial charge >= 0.3 is 0 Å². The molecule has 2 N–H and O–H groups in total. The van der Waals surface area contributed by atoms with E-state index in [9.17, 15) is 0 Å². The van der Waals surface area contributed by atoms with Gasteiger partial charge in [0.25, 0.3) is 0 Å². The first-order valence-corrected chi connectivity index (χ1v) is 5.23. The van der Waals surface area contributed by atoms with Crippen molar-refractivity contribution in [2.45, 2.75) is 32.4 Å². The van der Waals surface area contributed by atoms with Crippen molar-refractivity contribution in [3.05, 3.63) is 23.7 Å². The highest BCUT2D eigenvalue weighted by molar-refractivity contribution is 5.15. The second kappa shape index (κ2) is 4.62. The van der Waals surface area contributed by atoms with E-state index in [4.69, 9.17) is 14.9 Å². The zero-order chi connectivity index (χ0) is 9.80. The molecule has 1 heterocycles. The van der Waals surface area contributed by atoms with Crippen LogP contribution in [0.3, 0.4) is 0 Å². The van der Waals surface area contributed by atoms with Gasteiger partial charge in [-0.2, -0.15) is 0 Å². The number of furan rings is 1. The molecule has 0 aliphatic heterocycles. The van der Waals surface area contributed by atoms with Crippen molar-refractivity contribution >= 4 is 0 Å². The number of hydrogen-bond acceptors (Lipinski definition) is 3. The number of rotatable bonds is 6. The van der Waals surface area contributed by atoms with Crippen molar-refractivity contribution in [3.63, 3.8) is 0 Å². The molecule has 1 aliphatic rings. The van der Waals surface area contributed by atoms with Crippen molar-refractivity contribution in [2.24, 2.45) is 11.7 Å². The first kappa shape index (κ1) is 9.74. The zero-order valence-electron chi connectivity index (χ0n) is 8.37. The molecule has 14 heavy (non-hydrogen) atoms. The van der Waals surface area contributed by atoms with Gasteiger partial charge in [-0.1, -0.05) is 12.8 Å². The lowest BCUT2D eigenvalue weighted by Crippen LogP contribution is -2.01. The fourth-order valence-electron chi connectivity index (χ4n) is 1.50. The summed E-state index contributed by atoms with van der Waals surface area (Å²) in [6, 6.07) is 1.90. The summed E-state index contributed by atoms with van der Waals surface area (Å²) in [4.78, 5) is 0. The summed E-state index contributed by atoms with van der Waals surface area (Å²) in [5, 5.41) is 0. The van der Waals surface area contributed by atoms with Gasteiger partial charge in [0.05, 0.1) is 6.26 Å². The van der Waals surface area contributed by atoms with Crippen molar-refractivity contribution in [1.82, 2.24) is 0 Å². The molecule has 1 aromatic heterocycles. The predicted molar refractivity (Wildman–Crippen MR) is 53.6 cm³/mol. The first-order valence-electron chi connectivity index (χ1n) is 5.23. The molecule has 78 valence electrons. The van der Waals surface area contributed by atoms with E-state index in [2.05, 4.69) is 0 Å². The average molecular weight is 195 g/mol. The van der Waals surface area contributed by atoms with Gasteiger partial charge in [0.2, 0.25) is 0 Å². The van der Waals surface area contributed by atoms with Crippen LogP contribution >= 0.6 is 0 Å². The second-order valence-corrected chi connectivity index (χ2v) is 3.86. The van der Waals surface area contributed by atoms with Crippen LogP contribution in [0.2, 0.25) is 0 Å². The maximum absolute atomic E-state index is 5.54. The van der Waals surface area contributed by atoms with Crippen LogP contribution in [0, 0.1) is 5.92 Å². The summed E-state index contributed by atoms with van der Waals surface area (Å²) >= 11 is 0. The van der Waals surface area contributed by atoms with Crippen LogP contribution in [0.15, 0.2) is 16.7 Å². The Morgan fingerprint density at radius 3 is 3.07 bits per heavy atom. The smallest absolute Gasteiger partial charge is 0.133 e. The van der Waals surface area contributed by atoms with Gasteiger partial charge in [-0.15, -0.1) is 0 Å². The molecule has 0 unspecified atom stereocenters. The third-order valence-corrected chi connectivity index (χ3v) is 2.66. The molecule has 0 saturated heterocycles. The van der Waals surface area contributed by atoms with Gasteiger partial charge in [0.1, 0.15) is 12.4 Å². The minimum absolute atomic E-state index is 0.526. The topological polar surface area (TPSA) is 48.4 Å². The molecular weight excluding hydrogens is 178 g/mol. The van der Waals surface area contributed by atoms with E-state index in [1.807, 2.05) is 6.07 Å². The normalized spacial score (nSPS) is 16.1. The Hall–Kier alpha value is -0.800. The highest BCUT2D eigenvalue weighted by Crippen LogP contribution is 2.32. The lowest BCUT2D eigenvalue weighted by atomic mass is 10.2. The Morgan fingerprint density at radius 1 is 1.50 bits per heavy atom. The number of ether oxygens (including phenoxy) is 1. The summed E-state index contributed by atoms with van der Waals surface area (Å²) in [6.07, 6.45) is 5.64. The van der Waals surface area contributed by atoms with Crippen LogP contribution < -0.4 is 5.73 Å². The summed E-state index contributed by atoms with van der Waals surface area (Å²) in [5.41, 5.74) is 6.59. The Balaban J connectivity index is 1.68. The summed E-state index contributed by atoms with van der Waals surface area (Å²) in [6.45, 7) is 1.93. The van der Waals surface area contributed by atoms with Crippen LogP contribution in [0.25, 0.3) is 0 Å². The molecule has 0 amide bonds. The molecule has 0 spiro atoms. The maximum Gasteiger partial charge on any atom is 0.133 e. The third-order valence-electron chi connectivity index (χ3n) is 2.66. The second-order valence-electron chi connectivity index (χ2n) is 3.86. The van der Waals surface area contributed by atoms with Gasteiger partial charge in [0.15, 0.2) is 0 Å². The van der Waals surface area contributed by atoms with Crippen molar-refractivity contribution in [2.75, 3.05) is 6.61 Å². The van der Waals surface area contributed by atoms with Gasteiger partial charge in [-0.3, -0.25) is 0 Å². The molecule has 0 atom stereocenters. The lowest BCUT2D eigenvalue weighted by Gasteiger charge is -2.02. The van der Waals surface area contributed by atoms with Crippen LogP contribution in [0.5, 0.6) is 0 Å². The maximum atomic E-state index is 5.54. The summed E-state index contributed by atoms with van der Waals surface area (Å²) in [7, 11) is 0. The van der Waals surface area contributed by atoms with E-state index in [-0.39, 0.29) is 0 Å². The number of nitrogens with two attached hydrogens (primary N) is 1. The van der Waals surface area contributed by atoms with E-state index in [0.717, 1.165) is 23.8 Å². The molecule has 0 radical (unpaired) electrons. The molecule has 1 fully saturated rings. The van der Waals surface area contributed by atoms with E-state index in [1.54, 1.807) is 6.26 Å². The molecule has 1 saturated carbocycles. The van der Waals surface area contributed by atoms with Crippen LogP contribution in [-0.2, 0) is 17.9 Å². The lowest BCUT2D eigenvalue weighted by molar-refractivity contribution is 0.100. The Labute approximate surface area is 84.2 Å². The van der Waals surface area contributed by atoms with Crippen LogP contribution in [-0.4, -0.2) is 6.61 Å². The first-order chi connectivity index (χ1) is 6.90. The molecule has 0 aromatic carbocycles. The Morgan fingerprint density at radius 2 is 2.36 bits per heavy atom. The van der Waals surface area contributed by atoms with E-state index in [1.165, 1.54) is 19.3 Å². The highest BCUT2D eigenvalue weighted by atomic mass is 16.5. The summed E-state index contributed by atoms with van der Waals surface area (Å²) in [5.74, 6) is 1.81. The highest BCUT2D eigenvalue weighted by Gasteiger charge is 2.20. The van der Waals surface area contributed by atoms with Gasteiger partial charge < -0.3 is 14.9 Å². The quantitative estimate of drug-likeness (QED) is 0.707. The monoisotopic (exact) mass is 195 g/mol. The fraction of sp³-hybridized carbons (Fsp3) is 0.636. The minimum atomic E-state index is 0.526. The van der Waals surface area contributed by atoms with E-state index >= 15 is 0 Å². The molecule has 2 rings (SSSR count). The molecule has 1 aromatic rings. The van der Waals surface area contributed by atoms with Crippen LogP contribution in [0.1, 0.15) is 30.6 Å². The molecular formula is C11H17NO2. The van der Waals surface area contributed by atoms with Crippen molar-refractivity contribution in [3.8, 4) is 0 Å². The average Bonchev–Trinajstić information content (AvgIpc) is 2.91. The van der Waals surface area contributed by atoms with E-state index < -0.39 is 0 Å².